The predicted molar refractivity (Wildman–Crippen MR) is 92.4 cm³/mol. The molecule has 24 heavy (non-hydrogen) atoms. The van der Waals surface area contributed by atoms with Crippen molar-refractivity contribution < 1.29 is 9.53 Å². The standard InChI is InChI=1S/C19H25N3O2/c1-14-13-24-19(17-7-5-4-6-8-17)15(2)22(14)18(23)10-9-16-11-20-21(3)12-16/h4-8,11-12,14-15,19H,9-10,13H2,1-3H3/t14-,15+,19-/m1/s1. The fourth-order valence-electron chi connectivity index (χ4n) is 3.48. The molecule has 128 valence electrons. The average molecular weight is 327 g/mol. The van der Waals surface area contributed by atoms with Gasteiger partial charge in [-0.15, -0.1) is 0 Å². The maximum atomic E-state index is 12.8. The monoisotopic (exact) mass is 327 g/mol. The van der Waals surface area contributed by atoms with Crippen molar-refractivity contribution in [2.45, 2.75) is 44.9 Å². The summed E-state index contributed by atoms with van der Waals surface area (Å²) < 4.78 is 7.80. The zero-order valence-electron chi connectivity index (χ0n) is 14.6. The van der Waals surface area contributed by atoms with E-state index in [-0.39, 0.29) is 24.1 Å². The second-order valence-corrected chi connectivity index (χ2v) is 6.58. The Bertz CT molecular complexity index is 683. The molecule has 0 bridgehead atoms. The summed E-state index contributed by atoms with van der Waals surface area (Å²) in [5.74, 6) is 0.183. The van der Waals surface area contributed by atoms with Crippen LogP contribution in [0.15, 0.2) is 42.7 Å². The Hall–Kier alpha value is -2.14. The second-order valence-electron chi connectivity index (χ2n) is 6.58. The lowest BCUT2D eigenvalue weighted by Crippen LogP contribution is -2.53. The van der Waals surface area contributed by atoms with Crippen molar-refractivity contribution in [2.24, 2.45) is 7.05 Å². The third-order valence-electron chi connectivity index (χ3n) is 4.67. The minimum atomic E-state index is -0.0651. The van der Waals surface area contributed by atoms with Crippen LogP contribution in [-0.2, 0) is 23.0 Å². The molecular weight excluding hydrogens is 302 g/mol. The predicted octanol–water partition coefficient (Wildman–Crippen LogP) is 2.73. The molecule has 2 aromatic rings. The lowest BCUT2D eigenvalue weighted by atomic mass is 9.98. The van der Waals surface area contributed by atoms with Crippen LogP contribution >= 0.6 is 0 Å². The zero-order valence-corrected chi connectivity index (χ0v) is 14.6. The van der Waals surface area contributed by atoms with E-state index in [4.69, 9.17) is 4.74 Å². The molecule has 3 atom stereocenters. The number of carbonyl (C=O) groups is 1. The van der Waals surface area contributed by atoms with Gasteiger partial charge in [0.25, 0.3) is 0 Å². The van der Waals surface area contributed by atoms with Crippen molar-refractivity contribution in [3.63, 3.8) is 0 Å². The molecule has 5 heteroatoms. The van der Waals surface area contributed by atoms with E-state index >= 15 is 0 Å². The topological polar surface area (TPSA) is 47.4 Å². The summed E-state index contributed by atoms with van der Waals surface area (Å²) in [4.78, 5) is 14.8. The van der Waals surface area contributed by atoms with E-state index in [1.165, 1.54) is 0 Å². The van der Waals surface area contributed by atoms with Crippen LogP contribution in [0.4, 0.5) is 0 Å². The number of morpholine rings is 1. The first-order valence-electron chi connectivity index (χ1n) is 8.51. The Morgan fingerprint density at radius 1 is 1.29 bits per heavy atom. The number of amides is 1. The Morgan fingerprint density at radius 2 is 2.04 bits per heavy atom. The lowest BCUT2D eigenvalue weighted by molar-refractivity contribution is -0.153. The maximum Gasteiger partial charge on any atom is 0.223 e. The number of benzene rings is 1. The summed E-state index contributed by atoms with van der Waals surface area (Å²) in [6.45, 7) is 4.71. The Balaban J connectivity index is 1.69. The fourth-order valence-corrected chi connectivity index (χ4v) is 3.48. The van der Waals surface area contributed by atoms with Gasteiger partial charge in [-0.25, -0.2) is 0 Å². The molecule has 0 unspecified atom stereocenters. The van der Waals surface area contributed by atoms with Crippen molar-refractivity contribution in [1.29, 1.82) is 0 Å². The molecule has 1 aromatic heterocycles. The third-order valence-corrected chi connectivity index (χ3v) is 4.67. The first kappa shape index (κ1) is 16.7. The van der Waals surface area contributed by atoms with Crippen molar-refractivity contribution >= 4 is 5.91 Å². The van der Waals surface area contributed by atoms with E-state index in [9.17, 15) is 4.79 Å². The fraction of sp³-hybridized carbons (Fsp3) is 0.474. The van der Waals surface area contributed by atoms with Crippen LogP contribution in [0.25, 0.3) is 0 Å². The molecule has 1 aromatic carbocycles. The van der Waals surface area contributed by atoms with Crippen molar-refractivity contribution in [3.8, 4) is 0 Å². The molecule has 2 heterocycles. The van der Waals surface area contributed by atoms with Gasteiger partial charge in [-0.3, -0.25) is 9.48 Å². The first-order valence-corrected chi connectivity index (χ1v) is 8.51. The molecule has 1 aliphatic rings. The number of ether oxygens (including phenoxy) is 1. The SMILES string of the molecule is C[C@@H]1CO[C@@H](c2ccccc2)[C@H](C)N1C(=O)CCc1cnn(C)c1. The van der Waals surface area contributed by atoms with Crippen LogP contribution in [0.5, 0.6) is 0 Å². The molecule has 1 saturated heterocycles. The normalized spacial score (nSPS) is 24.1. The molecule has 0 N–H and O–H groups in total. The van der Waals surface area contributed by atoms with E-state index in [1.54, 1.807) is 4.68 Å². The van der Waals surface area contributed by atoms with Gasteiger partial charge in [0, 0.05) is 19.7 Å². The van der Waals surface area contributed by atoms with Crippen LogP contribution in [0.3, 0.4) is 0 Å². The number of hydrogen-bond donors (Lipinski definition) is 0. The molecule has 1 fully saturated rings. The van der Waals surface area contributed by atoms with Gasteiger partial charge in [-0.05, 0) is 31.4 Å². The van der Waals surface area contributed by atoms with Gasteiger partial charge in [0.15, 0.2) is 0 Å². The van der Waals surface area contributed by atoms with Crippen molar-refractivity contribution in [1.82, 2.24) is 14.7 Å². The molecule has 0 spiro atoms. The molecule has 5 nitrogen and oxygen atoms in total. The molecule has 0 radical (unpaired) electrons. The molecule has 1 aliphatic heterocycles. The molecular formula is C19H25N3O2. The van der Waals surface area contributed by atoms with Crippen molar-refractivity contribution in [3.05, 3.63) is 53.9 Å². The minimum Gasteiger partial charge on any atom is -0.369 e. The number of nitrogens with zero attached hydrogens (tertiary/aromatic N) is 3. The molecule has 1 amide bonds. The van der Waals surface area contributed by atoms with Gasteiger partial charge in [0.1, 0.15) is 6.10 Å². The quantitative estimate of drug-likeness (QED) is 0.867. The van der Waals surface area contributed by atoms with Gasteiger partial charge in [0.2, 0.25) is 5.91 Å². The smallest absolute Gasteiger partial charge is 0.223 e. The number of rotatable bonds is 4. The summed E-state index contributed by atoms with van der Waals surface area (Å²) in [5.41, 5.74) is 2.22. The first-order chi connectivity index (χ1) is 11.6. The van der Waals surface area contributed by atoms with Crippen molar-refractivity contribution in [2.75, 3.05) is 6.61 Å². The van der Waals surface area contributed by atoms with E-state index < -0.39 is 0 Å². The Kier molecular flexibility index (Phi) is 5.00. The van der Waals surface area contributed by atoms with E-state index in [2.05, 4.69) is 31.1 Å². The van der Waals surface area contributed by atoms with Crippen LogP contribution in [0, 0.1) is 0 Å². The van der Waals surface area contributed by atoms with Gasteiger partial charge in [-0.2, -0.15) is 5.10 Å². The third kappa shape index (κ3) is 3.51. The minimum absolute atomic E-state index is 0.0255. The Morgan fingerprint density at radius 3 is 2.71 bits per heavy atom. The highest BCUT2D eigenvalue weighted by atomic mass is 16.5. The summed E-state index contributed by atoms with van der Waals surface area (Å²) in [7, 11) is 1.89. The Labute approximate surface area is 143 Å². The summed E-state index contributed by atoms with van der Waals surface area (Å²) in [6, 6.07) is 10.3. The van der Waals surface area contributed by atoms with Crippen LogP contribution in [0.2, 0.25) is 0 Å². The highest BCUT2D eigenvalue weighted by molar-refractivity contribution is 5.77. The van der Waals surface area contributed by atoms with Crippen LogP contribution < -0.4 is 0 Å². The zero-order chi connectivity index (χ0) is 17.1. The summed E-state index contributed by atoms with van der Waals surface area (Å²) in [6.07, 6.45) is 4.95. The van der Waals surface area contributed by atoms with Gasteiger partial charge < -0.3 is 9.64 Å². The number of carbonyl (C=O) groups excluding carboxylic acids is 1. The molecule has 0 saturated carbocycles. The number of aryl methyl sites for hydroxylation is 2. The molecule has 3 rings (SSSR count). The van der Waals surface area contributed by atoms with Gasteiger partial charge >= 0.3 is 0 Å². The average Bonchev–Trinajstić information content (AvgIpc) is 2.99. The van der Waals surface area contributed by atoms with Gasteiger partial charge in [-0.1, -0.05) is 30.3 Å². The maximum absolute atomic E-state index is 12.8. The second kappa shape index (κ2) is 7.18. The highest BCUT2D eigenvalue weighted by Crippen LogP contribution is 2.31. The van der Waals surface area contributed by atoms with Crippen LogP contribution in [-0.4, -0.2) is 39.3 Å². The van der Waals surface area contributed by atoms with E-state index in [1.807, 2.05) is 42.5 Å². The van der Waals surface area contributed by atoms with E-state index in [0.717, 1.165) is 17.5 Å². The summed E-state index contributed by atoms with van der Waals surface area (Å²) >= 11 is 0. The van der Waals surface area contributed by atoms with Crippen LogP contribution in [0.1, 0.15) is 37.5 Å². The highest BCUT2D eigenvalue weighted by Gasteiger charge is 2.36. The lowest BCUT2D eigenvalue weighted by Gasteiger charge is -2.44. The van der Waals surface area contributed by atoms with E-state index in [0.29, 0.717) is 13.0 Å². The summed E-state index contributed by atoms with van der Waals surface area (Å²) in [5, 5.41) is 4.16. The number of aromatic nitrogens is 2. The number of hydrogen-bond acceptors (Lipinski definition) is 3. The largest absolute Gasteiger partial charge is 0.369 e. The molecule has 0 aliphatic carbocycles. The van der Waals surface area contributed by atoms with Gasteiger partial charge in [0.05, 0.1) is 24.9 Å².